The molecule has 0 spiro atoms. The summed E-state index contributed by atoms with van der Waals surface area (Å²) >= 11 is 0. The predicted molar refractivity (Wildman–Crippen MR) is 94.2 cm³/mol. The Balaban J connectivity index is 2.11. The molecule has 20 heteroatoms. The van der Waals surface area contributed by atoms with Crippen molar-refractivity contribution in [2.75, 3.05) is 12.8 Å². The Kier molecular flexibility index (Phi) is 6.70. The monoisotopic (exact) mass is 517 g/mol. The summed E-state index contributed by atoms with van der Waals surface area (Å²) in [4.78, 5) is 60.9. The van der Waals surface area contributed by atoms with Gasteiger partial charge in [0, 0.05) is 18.0 Å². The van der Waals surface area contributed by atoms with E-state index in [9.17, 15) is 38.8 Å². The molecule has 1 aliphatic rings. The number of phosphoric acid groups is 2. The van der Waals surface area contributed by atoms with Crippen molar-refractivity contribution in [2.24, 2.45) is 5.92 Å². The van der Waals surface area contributed by atoms with Gasteiger partial charge in [-0.1, -0.05) is 0 Å². The third kappa shape index (κ3) is 5.25. The van der Waals surface area contributed by atoms with Crippen molar-refractivity contribution in [3.63, 3.8) is 0 Å². The second-order valence-corrected chi connectivity index (χ2v) is 11.4. The average molecular weight is 517 g/mol. The lowest BCUT2D eigenvalue weighted by molar-refractivity contribution is -0.272. The van der Waals surface area contributed by atoms with E-state index in [0.29, 0.717) is 0 Å². The number of nitrogens with zero attached hydrogens (tertiary/aromatic N) is 4. The van der Waals surface area contributed by atoms with E-state index >= 15 is 0 Å². The van der Waals surface area contributed by atoms with E-state index in [1.54, 1.807) is 0 Å². The summed E-state index contributed by atoms with van der Waals surface area (Å²) in [6.07, 6.45) is -4.10. The minimum absolute atomic E-state index is 0.286. The van der Waals surface area contributed by atoms with Gasteiger partial charge in [-0.05, 0) is 6.42 Å². The molecular formula is C12H16N4O13P3-3. The second kappa shape index (κ2) is 8.47. The molecule has 2 heterocycles. The maximum atomic E-state index is 12.4. The molecule has 2 aromatic heterocycles. The Morgan fingerprint density at radius 3 is 2.41 bits per heavy atom. The van der Waals surface area contributed by atoms with Gasteiger partial charge in [0.2, 0.25) is 0 Å². The zero-order valence-electron chi connectivity index (χ0n) is 15.6. The summed E-state index contributed by atoms with van der Waals surface area (Å²) in [5.41, 5.74) is -2.83. The average Bonchev–Trinajstić information content (AvgIpc) is 3.14. The Bertz CT molecular complexity index is 1150. The van der Waals surface area contributed by atoms with Crippen molar-refractivity contribution < 1.29 is 62.3 Å². The Morgan fingerprint density at radius 1 is 1.16 bits per heavy atom. The minimum atomic E-state index is -5.55. The highest BCUT2D eigenvalue weighted by Crippen LogP contribution is 2.59. The summed E-state index contributed by atoms with van der Waals surface area (Å²) in [7, 11) is -16.3. The molecule has 1 fully saturated rings. The lowest BCUT2D eigenvalue weighted by atomic mass is 9.96. The highest BCUT2D eigenvalue weighted by atomic mass is 31.3. The van der Waals surface area contributed by atoms with Crippen LogP contribution >= 0.6 is 23.2 Å². The molecule has 0 radical (unpaired) electrons. The fourth-order valence-corrected chi connectivity index (χ4v) is 6.81. The van der Waals surface area contributed by atoms with Crippen molar-refractivity contribution in [3.05, 3.63) is 12.7 Å². The largest absolute Gasteiger partial charge is 0.857 e. The van der Waals surface area contributed by atoms with Gasteiger partial charge in [-0.2, -0.15) is 0 Å². The molecule has 5 N–H and O–H groups in total. The van der Waals surface area contributed by atoms with Gasteiger partial charge in [0.15, 0.2) is 5.65 Å². The normalized spacial score (nSPS) is 30.3. The van der Waals surface area contributed by atoms with Crippen LogP contribution in [0.2, 0.25) is 0 Å². The number of phosphoric ester groups is 1. The number of fused-ring (bicyclic) bond motifs is 1. The molecular weight excluding hydrogens is 501 g/mol. The smallest absolute Gasteiger partial charge is 0.474 e. The summed E-state index contributed by atoms with van der Waals surface area (Å²) < 4.78 is 43.4. The van der Waals surface area contributed by atoms with Crippen molar-refractivity contribution in [2.45, 2.75) is 24.2 Å². The summed E-state index contributed by atoms with van der Waals surface area (Å²) in [6.45, 7) is -0.881. The van der Waals surface area contributed by atoms with Crippen molar-refractivity contribution in [1.29, 1.82) is 0 Å². The zero-order valence-corrected chi connectivity index (χ0v) is 18.3. The van der Waals surface area contributed by atoms with Crippen molar-refractivity contribution in [1.82, 2.24) is 19.5 Å². The van der Waals surface area contributed by atoms with E-state index in [1.165, 1.54) is 0 Å². The first kappa shape index (κ1) is 25.3. The van der Waals surface area contributed by atoms with Gasteiger partial charge < -0.3 is 53.4 Å². The number of aliphatic hydroxyl groups is 2. The van der Waals surface area contributed by atoms with E-state index < -0.39 is 72.0 Å². The van der Waals surface area contributed by atoms with Crippen LogP contribution in [0.1, 0.15) is 6.42 Å². The van der Waals surface area contributed by atoms with Crippen LogP contribution in [0.3, 0.4) is 0 Å². The zero-order chi connectivity index (χ0) is 24.1. The van der Waals surface area contributed by atoms with Crippen LogP contribution in [0.4, 0.5) is 0 Å². The van der Waals surface area contributed by atoms with Crippen molar-refractivity contribution >= 4 is 34.4 Å². The first-order valence-corrected chi connectivity index (χ1v) is 13.3. The van der Waals surface area contributed by atoms with Crippen LogP contribution in [-0.4, -0.2) is 69.4 Å². The molecule has 6 atom stereocenters. The van der Waals surface area contributed by atoms with Gasteiger partial charge in [0.1, 0.15) is 25.5 Å². The first-order valence-electron chi connectivity index (χ1n) is 8.52. The fourth-order valence-electron chi connectivity index (χ4n) is 3.76. The predicted octanol–water partition coefficient (Wildman–Crippen LogP) is -3.52. The number of imidazole rings is 1. The lowest BCUT2D eigenvalue weighted by Gasteiger charge is -2.39. The van der Waals surface area contributed by atoms with Gasteiger partial charge in [0.05, 0.1) is 24.6 Å². The molecule has 1 saturated carbocycles. The molecule has 0 amide bonds. The molecule has 2 unspecified atom stereocenters. The number of rotatable bonds is 8. The molecule has 0 saturated heterocycles. The van der Waals surface area contributed by atoms with Crippen LogP contribution in [0.15, 0.2) is 12.7 Å². The van der Waals surface area contributed by atoms with Crippen molar-refractivity contribution in [3.8, 4) is 5.88 Å². The van der Waals surface area contributed by atoms with Gasteiger partial charge in [-0.3, -0.25) is 9.55 Å². The quantitative estimate of drug-likeness (QED) is 0.212. The molecule has 0 aliphatic heterocycles. The maximum Gasteiger partial charge on any atom is 0.474 e. The number of aliphatic hydroxyl groups excluding tert-OH is 2. The number of aromatic nitrogens is 4. The second-order valence-electron chi connectivity index (χ2n) is 7.07. The minimum Gasteiger partial charge on any atom is -0.857 e. The van der Waals surface area contributed by atoms with Crippen LogP contribution < -0.4 is 14.9 Å². The maximum absolute atomic E-state index is 12.4. The number of hydrogen-bond donors (Lipinski definition) is 5. The Labute approximate surface area is 178 Å². The van der Waals surface area contributed by atoms with Crippen LogP contribution in [0, 0.1) is 5.92 Å². The van der Waals surface area contributed by atoms with E-state index in [-0.39, 0.29) is 11.2 Å². The van der Waals surface area contributed by atoms with Gasteiger partial charge in [-0.25, -0.2) is 18.8 Å². The summed E-state index contributed by atoms with van der Waals surface area (Å²) in [5, 5.41) is 33.1. The van der Waals surface area contributed by atoms with E-state index in [2.05, 4.69) is 23.8 Å². The molecule has 0 bridgehead atoms. The topological polar surface area (TPSA) is 284 Å². The lowest BCUT2D eigenvalue weighted by Crippen LogP contribution is -2.48. The molecule has 0 aromatic carbocycles. The summed E-state index contributed by atoms with van der Waals surface area (Å²) in [5.74, 6) is -2.17. The van der Waals surface area contributed by atoms with Crippen LogP contribution in [0.5, 0.6) is 5.88 Å². The van der Waals surface area contributed by atoms with Gasteiger partial charge in [-0.15, -0.1) is 0 Å². The third-order valence-corrected chi connectivity index (χ3v) is 8.16. The first-order chi connectivity index (χ1) is 14.5. The fraction of sp³-hybridized carbons (Fsp3) is 0.583. The van der Waals surface area contributed by atoms with E-state index in [0.717, 1.165) is 17.2 Å². The molecule has 17 nitrogen and oxygen atoms in total. The van der Waals surface area contributed by atoms with Crippen LogP contribution in [0.25, 0.3) is 11.2 Å². The third-order valence-electron chi connectivity index (χ3n) is 4.90. The standard InChI is InChI=1S/C12H19N4O13P3/c17-8-6(2-28-31(22,23)24)1-12(9(8)18,3-30(20,21)29-32(25,26)27)16-5-15-7-10(16)13-4-14-11(7)19/h4-6,8-9,17-18H,1-3H2,(H,20,21)(H,13,14,19)(H2,22,23,24)(H2,25,26,27)/p-3/t6-,8-,9-,12+/m1/s1. The molecule has 2 aromatic rings. The van der Waals surface area contributed by atoms with E-state index in [1.807, 2.05) is 0 Å². The molecule has 32 heavy (non-hydrogen) atoms. The van der Waals surface area contributed by atoms with Gasteiger partial charge >= 0.3 is 7.82 Å². The number of hydrogen-bond acceptors (Lipinski definition) is 13. The molecule has 180 valence electrons. The van der Waals surface area contributed by atoms with Gasteiger partial charge in [0.25, 0.3) is 7.82 Å². The van der Waals surface area contributed by atoms with Crippen LogP contribution in [-0.2, 0) is 28.1 Å². The molecule has 3 rings (SSSR count). The van der Waals surface area contributed by atoms with E-state index in [4.69, 9.17) is 14.7 Å². The summed E-state index contributed by atoms with van der Waals surface area (Å²) in [6, 6.07) is 0. The Hall–Kier alpha value is -1.32. The Morgan fingerprint density at radius 2 is 1.81 bits per heavy atom. The highest BCUT2D eigenvalue weighted by molar-refractivity contribution is 7.62. The SMILES string of the molecule is O=P([O-])(O)OC[C@H]1C[C@@](CP(=O)([O-])OP(=O)(O)O)(n2cnc3c([O-])ncnc32)[C@H](O)[C@@H]1O. The highest BCUT2D eigenvalue weighted by Gasteiger charge is 2.56. The molecule has 1 aliphatic carbocycles.